The largest absolute Gasteiger partial charge is 0.378 e. The van der Waals surface area contributed by atoms with E-state index in [0.29, 0.717) is 6.10 Å². The third kappa shape index (κ3) is 3.47. The minimum absolute atomic E-state index is 0.0457. The summed E-state index contributed by atoms with van der Waals surface area (Å²) in [6.45, 7) is 9.27. The summed E-state index contributed by atoms with van der Waals surface area (Å²) >= 11 is 0. The fourth-order valence-electron chi connectivity index (χ4n) is 3.30. The summed E-state index contributed by atoms with van der Waals surface area (Å²) in [5, 5.41) is 0. The van der Waals surface area contributed by atoms with Crippen molar-refractivity contribution in [1.29, 1.82) is 0 Å². The molecular formula is C18H30N2O. The lowest BCUT2D eigenvalue weighted by Crippen LogP contribution is -2.73. The van der Waals surface area contributed by atoms with Crippen molar-refractivity contribution in [3.8, 4) is 0 Å². The summed E-state index contributed by atoms with van der Waals surface area (Å²) in [5.41, 5.74) is 7.94. The molecule has 3 heteroatoms. The van der Waals surface area contributed by atoms with Gasteiger partial charge in [0.15, 0.2) is 0 Å². The van der Waals surface area contributed by atoms with Crippen LogP contribution >= 0.6 is 0 Å². The van der Waals surface area contributed by atoms with Crippen LogP contribution in [0.25, 0.3) is 0 Å². The van der Waals surface area contributed by atoms with Crippen molar-refractivity contribution < 1.29 is 4.74 Å². The Balaban J connectivity index is 1.84. The Morgan fingerprint density at radius 3 is 2.52 bits per heavy atom. The predicted octanol–water partition coefficient (Wildman–Crippen LogP) is 2.69. The predicted molar refractivity (Wildman–Crippen MR) is 88.4 cm³/mol. The van der Waals surface area contributed by atoms with Gasteiger partial charge in [-0.15, -0.1) is 0 Å². The Labute approximate surface area is 129 Å². The first kappa shape index (κ1) is 16.5. The molecule has 0 aliphatic heterocycles. The average Bonchev–Trinajstić information content (AvgIpc) is 2.46. The van der Waals surface area contributed by atoms with Crippen molar-refractivity contribution in [3.05, 3.63) is 35.9 Å². The van der Waals surface area contributed by atoms with Crippen LogP contribution in [-0.4, -0.2) is 43.3 Å². The standard InChI is InChI=1S/C18H30N2O/c1-5-21-16-13-18(19,17(16,2)3)14-20(4)12-11-15-9-7-6-8-10-15/h6-10,16H,5,11-14,19H2,1-4H3. The molecule has 1 aliphatic carbocycles. The van der Waals surface area contributed by atoms with E-state index < -0.39 is 0 Å². The molecule has 3 nitrogen and oxygen atoms in total. The van der Waals surface area contributed by atoms with Gasteiger partial charge in [0.1, 0.15) is 0 Å². The molecule has 2 unspecified atom stereocenters. The van der Waals surface area contributed by atoms with E-state index in [1.165, 1.54) is 5.56 Å². The SMILES string of the molecule is CCOC1CC(N)(CN(C)CCc2ccccc2)C1(C)C. The van der Waals surface area contributed by atoms with Crippen LogP contribution in [0.4, 0.5) is 0 Å². The third-order valence-electron chi connectivity index (χ3n) is 5.18. The van der Waals surface area contributed by atoms with E-state index in [9.17, 15) is 0 Å². The highest BCUT2D eigenvalue weighted by molar-refractivity contribution is 5.16. The summed E-state index contributed by atoms with van der Waals surface area (Å²) < 4.78 is 5.80. The second kappa shape index (κ2) is 6.47. The maximum Gasteiger partial charge on any atom is 0.0662 e. The summed E-state index contributed by atoms with van der Waals surface area (Å²) in [7, 11) is 2.17. The lowest BCUT2D eigenvalue weighted by Gasteiger charge is -2.60. The number of nitrogens with zero attached hydrogens (tertiary/aromatic N) is 1. The van der Waals surface area contributed by atoms with Crippen LogP contribution in [0.1, 0.15) is 32.8 Å². The molecule has 0 radical (unpaired) electrons. The molecule has 0 heterocycles. The first-order chi connectivity index (χ1) is 9.89. The van der Waals surface area contributed by atoms with Crippen molar-refractivity contribution in [2.24, 2.45) is 11.1 Å². The van der Waals surface area contributed by atoms with Gasteiger partial charge in [-0.3, -0.25) is 0 Å². The molecule has 1 aromatic carbocycles. The normalized spacial score (nSPS) is 27.6. The van der Waals surface area contributed by atoms with Crippen molar-refractivity contribution in [3.63, 3.8) is 0 Å². The van der Waals surface area contributed by atoms with Crippen LogP contribution in [0.15, 0.2) is 30.3 Å². The van der Waals surface area contributed by atoms with Gasteiger partial charge in [0, 0.05) is 30.7 Å². The number of rotatable bonds is 7. The van der Waals surface area contributed by atoms with Gasteiger partial charge in [-0.05, 0) is 32.4 Å². The Morgan fingerprint density at radius 2 is 1.95 bits per heavy atom. The van der Waals surface area contributed by atoms with Crippen molar-refractivity contribution in [2.75, 3.05) is 26.7 Å². The zero-order valence-electron chi connectivity index (χ0n) is 13.9. The molecule has 1 aliphatic rings. The number of ether oxygens (including phenoxy) is 1. The summed E-state index contributed by atoms with van der Waals surface area (Å²) in [6.07, 6.45) is 2.33. The van der Waals surface area contributed by atoms with Crippen LogP contribution in [0, 0.1) is 5.41 Å². The average molecular weight is 290 g/mol. The second-order valence-corrected chi connectivity index (χ2v) is 7.00. The summed E-state index contributed by atoms with van der Waals surface area (Å²) in [5.74, 6) is 0. The van der Waals surface area contributed by atoms with Gasteiger partial charge in [-0.2, -0.15) is 0 Å². The number of likely N-dealkylation sites (N-methyl/N-ethyl adjacent to an activating group) is 1. The molecule has 21 heavy (non-hydrogen) atoms. The van der Waals surface area contributed by atoms with E-state index in [-0.39, 0.29) is 11.0 Å². The highest BCUT2D eigenvalue weighted by atomic mass is 16.5. The summed E-state index contributed by atoms with van der Waals surface area (Å²) in [6, 6.07) is 10.6. The molecule has 1 aromatic rings. The zero-order chi connectivity index (χ0) is 15.5. The molecule has 2 atom stereocenters. The minimum atomic E-state index is -0.141. The van der Waals surface area contributed by atoms with Gasteiger partial charge in [-0.1, -0.05) is 44.2 Å². The molecule has 1 saturated carbocycles. The van der Waals surface area contributed by atoms with Gasteiger partial charge >= 0.3 is 0 Å². The smallest absolute Gasteiger partial charge is 0.0662 e. The van der Waals surface area contributed by atoms with E-state index in [1.807, 2.05) is 0 Å². The minimum Gasteiger partial charge on any atom is -0.378 e. The van der Waals surface area contributed by atoms with E-state index >= 15 is 0 Å². The molecule has 0 amide bonds. The zero-order valence-corrected chi connectivity index (χ0v) is 13.9. The lowest BCUT2D eigenvalue weighted by atomic mass is 9.54. The number of nitrogens with two attached hydrogens (primary N) is 1. The number of benzene rings is 1. The molecule has 0 spiro atoms. The first-order valence-electron chi connectivity index (χ1n) is 8.02. The van der Waals surface area contributed by atoms with Gasteiger partial charge < -0.3 is 15.4 Å². The quantitative estimate of drug-likeness (QED) is 0.839. The fourth-order valence-corrected chi connectivity index (χ4v) is 3.30. The van der Waals surface area contributed by atoms with Gasteiger partial charge in [0.05, 0.1) is 6.10 Å². The van der Waals surface area contributed by atoms with Crippen LogP contribution in [0.2, 0.25) is 0 Å². The van der Waals surface area contributed by atoms with Crippen molar-refractivity contribution >= 4 is 0 Å². The van der Waals surface area contributed by atoms with Crippen molar-refractivity contribution in [1.82, 2.24) is 4.90 Å². The molecule has 0 saturated heterocycles. The Bertz CT molecular complexity index is 446. The van der Waals surface area contributed by atoms with E-state index in [4.69, 9.17) is 10.5 Å². The van der Waals surface area contributed by atoms with E-state index in [0.717, 1.165) is 32.5 Å². The molecule has 0 aromatic heterocycles. The molecule has 2 rings (SSSR count). The molecular weight excluding hydrogens is 260 g/mol. The third-order valence-corrected chi connectivity index (χ3v) is 5.18. The first-order valence-corrected chi connectivity index (χ1v) is 8.02. The van der Waals surface area contributed by atoms with E-state index in [1.54, 1.807) is 0 Å². The van der Waals surface area contributed by atoms with Gasteiger partial charge in [0.2, 0.25) is 0 Å². The van der Waals surface area contributed by atoms with Crippen LogP contribution in [-0.2, 0) is 11.2 Å². The highest BCUT2D eigenvalue weighted by Gasteiger charge is 2.58. The maximum atomic E-state index is 6.65. The van der Waals surface area contributed by atoms with E-state index in [2.05, 4.69) is 63.1 Å². The molecule has 0 bridgehead atoms. The Kier molecular flexibility index (Phi) is 5.07. The lowest BCUT2D eigenvalue weighted by molar-refractivity contribution is -0.155. The Hall–Kier alpha value is -0.900. The molecule has 2 N–H and O–H groups in total. The maximum absolute atomic E-state index is 6.65. The summed E-state index contributed by atoms with van der Waals surface area (Å²) in [4.78, 5) is 2.36. The van der Waals surface area contributed by atoms with Crippen molar-refractivity contribution in [2.45, 2.75) is 45.3 Å². The number of hydrogen-bond acceptors (Lipinski definition) is 3. The van der Waals surface area contributed by atoms with Crippen LogP contribution in [0.3, 0.4) is 0 Å². The fraction of sp³-hybridized carbons (Fsp3) is 0.667. The highest BCUT2D eigenvalue weighted by Crippen LogP contribution is 2.49. The van der Waals surface area contributed by atoms with Gasteiger partial charge in [0.25, 0.3) is 0 Å². The second-order valence-electron chi connectivity index (χ2n) is 7.00. The molecule has 1 fully saturated rings. The molecule has 118 valence electrons. The topological polar surface area (TPSA) is 38.5 Å². The monoisotopic (exact) mass is 290 g/mol. The van der Waals surface area contributed by atoms with Crippen LogP contribution in [0.5, 0.6) is 0 Å². The number of hydrogen-bond donors (Lipinski definition) is 1. The van der Waals surface area contributed by atoms with Crippen LogP contribution < -0.4 is 5.73 Å². The Morgan fingerprint density at radius 1 is 1.29 bits per heavy atom. The van der Waals surface area contributed by atoms with Gasteiger partial charge in [-0.25, -0.2) is 0 Å².